The zero-order chi connectivity index (χ0) is 16.3. The Bertz CT molecular complexity index is 801. The monoisotopic (exact) mass is 383 g/mol. The molecule has 0 aliphatic carbocycles. The third-order valence-corrected chi connectivity index (χ3v) is 4.99. The second-order valence-corrected chi connectivity index (χ2v) is 7.07. The first-order chi connectivity index (χ1) is 10.3. The molecule has 0 aliphatic rings. The molecule has 7 heteroatoms. The minimum absolute atomic E-state index is 0.0874. The van der Waals surface area contributed by atoms with Crippen LogP contribution in [-0.2, 0) is 10.0 Å². The standard InChI is InChI=1S/C15H14BrNO4S/c1-10(18)11-3-6-13(7-4-11)22(19,20)17-12-5-8-15(21-2)14(16)9-12/h3-9,17H,1-2H3. The van der Waals surface area contributed by atoms with Gasteiger partial charge in [-0.15, -0.1) is 0 Å². The van der Waals surface area contributed by atoms with Crippen LogP contribution in [-0.4, -0.2) is 21.3 Å². The van der Waals surface area contributed by atoms with Gasteiger partial charge in [0.15, 0.2) is 5.78 Å². The van der Waals surface area contributed by atoms with Gasteiger partial charge in [0.1, 0.15) is 5.75 Å². The van der Waals surface area contributed by atoms with Crippen LogP contribution in [0.5, 0.6) is 5.75 Å². The maximum absolute atomic E-state index is 12.3. The third-order valence-electron chi connectivity index (χ3n) is 2.98. The molecule has 0 atom stereocenters. The molecule has 2 aromatic carbocycles. The van der Waals surface area contributed by atoms with Gasteiger partial charge in [-0.3, -0.25) is 9.52 Å². The van der Waals surface area contributed by atoms with E-state index in [2.05, 4.69) is 20.7 Å². The van der Waals surface area contributed by atoms with Crippen LogP contribution in [0.2, 0.25) is 0 Å². The largest absolute Gasteiger partial charge is 0.496 e. The number of ketones is 1. The number of rotatable bonds is 5. The van der Waals surface area contributed by atoms with Crippen molar-refractivity contribution in [2.24, 2.45) is 0 Å². The molecule has 0 aliphatic heterocycles. The van der Waals surface area contributed by atoms with Crippen molar-refractivity contribution in [3.05, 3.63) is 52.5 Å². The lowest BCUT2D eigenvalue weighted by molar-refractivity contribution is 0.101. The van der Waals surface area contributed by atoms with Gasteiger partial charge in [0.05, 0.1) is 22.2 Å². The number of hydrogen-bond acceptors (Lipinski definition) is 4. The molecule has 0 radical (unpaired) electrons. The number of halogens is 1. The van der Waals surface area contributed by atoms with Gasteiger partial charge in [0.25, 0.3) is 10.0 Å². The van der Waals surface area contributed by atoms with Gasteiger partial charge in [-0.05, 0) is 53.2 Å². The first kappa shape index (κ1) is 16.5. The average molecular weight is 384 g/mol. The summed E-state index contributed by atoms with van der Waals surface area (Å²) in [6.07, 6.45) is 0. The SMILES string of the molecule is COc1ccc(NS(=O)(=O)c2ccc(C(C)=O)cc2)cc1Br. The first-order valence-corrected chi connectivity index (χ1v) is 8.58. The van der Waals surface area contributed by atoms with Gasteiger partial charge < -0.3 is 4.74 Å². The lowest BCUT2D eigenvalue weighted by Crippen LogP contribution is -2.13. The minimum atomic E-state index is -3.72. The van der Waals surface area contributed by atoms with Gasteiger partial charge in [0.2, 0.25) is 0 Å². The van der Waals surface area contributed by atoms with Crippen LogP contribution in [0.25, 0.3) is 0 Å². The van der Waals surface area contributed by atoms with Crippen molar-refractivity contribution in [3.8, 4) is 5.75 Å². The van der Waals surface area contributed by atoms with Gasteiger partial charge in [-0.1, -0.05) is 12.1 Å². The highest BCUT2D eigenvalue weighted by molar-refractivity contribution is 9.10. The summed E-state index contributed by atoms with van der Waals surface area (Å²) in [4.78, 5) is 11.3. The normalized spacial score (nSPS) is 11.0. The zero-order valence-corrected chi connectivity index (χ0v) is 14.4. The molecule has 116 valence electrons. The number of carbonyl (C=O) groups excluding carboxylic acids is 1. The highest BCUT2D eigenvalue weighted by Gasteiger charge is 2.15. The molecular weight excluding hydrogens is 370 g/mol. The van der Waals surface area contributed by atoms with Gasteiger partial charge in [-0.25, -0.2) is 8.42 Å². The van der Waals surface area contributed by atoms with Crippen molar-refractivity contribution in [1.82, 2.24) is 0 Å². The van der Waals surface area contributed by atoms with Crippen LogP contribution < -0.4 is 9.46 Å². The fraction of sp³-hybridized carbons (Fsp3) is 0.133. The van der Waals surface area contributed by atoms with Crippen molar-refractivity contribution in [2.45, 2.75) is 11.8 Å². The first-order valence-electron chi connectivity index (χ1n) is 6.31. The lowest BCUT2D eigenvalue weighted by atomic mass is 10.2. The minimum Gasteiger partial charge on any atom is -0.496 e. The Morgan fingerprint density at radius 1 is 1.14 bits per heavy atom. The summed E-state index contributed by atoms with van der Waals surface area (Å²) < 4.78 is 32.8. The van der Waals surface area contributed by atoms with E-state index >= 15 is 0 Å². The molecule has 0 saturated heterocycles. The second kappa shape index (κ2) is 6.50. The molecule has 1 N–H and O–H groups in total. The summed E-state index contributed by atoms with van der Waals surface area (Å²) in [5.41, 5.74) is 0.870. The van der Waals surface area contributed by atoms with Gasteiger partial charge in [-0.2, -0.15) is 0 Å². The molecule has 0 saturated carbocycles. The van der Waals surface area contributed by atoms with E-state index in [1.807, 2.05) is 0 Å². The summed E-state index contributed by atoms with van der Waals surface area (Å²) >= 11 is 3.30. The molecule has 0 heterocycles. The number of sulfonamides is 1. The highest BCUT2D eigenvalue weighted by atomic mass is 79.9. The number of carbonyl (C=O) groups is 1. The van der Waals surface area contributed by atoms with E-state index in [0.29, 0.717) is 21.5 Å². The number of ether oxygens (including phenoxy) is 1. The molecule has 2 aromatic rings. The average Bonchev–Trinajstić information content (AvgIpc) is 2.47. The fourth-order valence-corrected chi connectivity index (χ4v) is 3.40. The van der Waals surface area contributed by atoms with Gasteiger partial charge in [0, 0.05) is 5.56 Å². The molecule has 0 fully saturated rings. The summed E-state index contributed by atoms with van der Waals surface area (Å²) in [6.45, 7) is 1.43. The number of hydrogen-bond donors (Lipinski definition) is 1. The van der Waals surface area contributed by atoms with Crippen molar-refractivity contribution in [3.63, 3.8) is 0 Å². The van der Waals surface area contributed by atoms with Gasteiger partial charge >= 0.3 is 0 Å². The quantitative estimate of drug-likeness (QED) is 0.802. The Labute approximate surface area is 137 Å². The Morgan fingerprint density at radius 2 is 1.77 bits per heavy atom. The number of Topliss-reactive ketones (excluding diaryl/α,β-unsaturated/α-hetero) is 1. The Hall–Kier alpha value is -1.86. The van der Waals surface area contributed by atoms with Crippen molar-refractivity contribution in [1.29, 1.82) is 0 Å². The maximum Gasteiger partial charge on any atom is 0.261 e. The summed E-state index contributed by atoms with van der Waals surface area (Å²) in [5.74, 6) is 0.491. The van der Waals surface area contributed by atoms with Crippen LogP contribution in [0.15, 0.2) is 51.8 Å². The Balaban J connectivity index is 2.27. The topological polar surface area (TPSA) is 72.5 Å². The predicted molar refractivity (Wildman–Crippen MR) is 87.9 cm³/mol. The summed E-state index contributed by atoms with van der Waals surface area (Å²) in [5, 5.41) is 0. The molecule has 0 aromatic heterocycles. The van der Waals surface area contributed by atoms with E-state index in [9.17, 15) is 13.2 Å². The number of methoxy groups -OCH3 is 1. The predicted octanol–water partition coefficient (Wildman–Crippen LogP) is 3.46. The van der Waals surface area contributed by atoms with Crippen molar-refractivity contribution >= 4 is 37.4 Å². The van der Waals surface area contributed by atoms with E-state index in [0.717, 1.165) is 0 Å². The lowest BCUT2D eigenvalue weighted by Gasteiger charge is -2.10. The summed E-state index contributed by atoms with van der Waals surface area (Å²) in [6, 6.07) is 10.6. The summed E-state index contributed by atoms with van der Waals surface area (Å²) in [7, 11) is -2.19. The Morgan fingerprint density at radius 3 is 2.27 bits per heavy atom. The van der Waals surface area contributed by atoms with Crippen LogP contribution in [0.1, 0.15) is 17.3 Å². The molecule has 0 unspecified atom stereocenters. The molecular formula is C15H14BrNO4S. The van der Waals surface area contributed by atoms with E-state index in [1.165, 1.54) is 38.3 Å². The van der Waals surface area contributed by atoms with Crippen LogP contribution in [0, 0.1) is 0 Å². The molecule has 0 amide bonds. The highest BCUT2D eigenvalue weighted by Crippen LogP contribution is 2.28. The van der Waals surface area contributed by atoms with E-state index in [-0.39, 0.29) is 10.7 Å². The maximum atomic E-state index is 12.3. The zero-order valence-electron chi connectivity index (χ0n) is 12.0. The van der Waals surface area contributed by atoms with E-state index in [4.69, 9.17) is 4.74 Å². The van der Waals surface area contributed by atoms with E-state index < -0.39 is 10.0 Å². The molecule has 22 heavy (non-hydrogen) atoms. The number of anilines is 1. The van der Waals surface area contributed by atoms with Crippen molar-refractivity contribution < 1.29 is 17.9 Å². The van der Waals surface area contributed by atoms with Crippen LogP contribution in [0.3, 0.4) is 0 Å². The fourth-order valence-electron chi connectivity index (χ4n) is 1.81. The molecule has 0 spiro atoms. The second-order valence-electron chi connectivity index (χ2n) is 4.54. The smallest absolute Gasteiger partial charge is 0.261 e. The molecule has 0 bridgehead atoms. The van der Waals surface area contributed by atoms with Crippen LogP contribution >= 0.6 is 15.9 Å². The van der Waals surface area contributed by atoms with E-state index in [1.54, 1.807) is 18.2 Å². The molecule has 5 nitrogen and oxygen atoms in total. The number of nitrogens with one attached hydrogen (secondary N) is 1. The third kappa shape index (κ3) is 3.66. The van der Waals surface area contributed by atoms with Crippen molar-refractivity contribution in [2.75, 3.05) is 11.8 Å². The Kier molecular flexibility index (Phi) is 4.87. The number of benzene rings is 2. The molecule has 2 rings (SSSR count). The van der Waals surface area contributed by atoms with Crippen LogP contribution in [0.4, 0.5) is 5.69 Å².